The van der Waals surface area contributed by atoms with Crippen molar-refractivity contribution in [2.24, 2.45) is 11.8 Å². The minimum Gasteiger partial charge on any atom is -0.308 e. The Hall–Kier alpha value is -1.13. The van der Waals surface area contributed by atoms with E-state index in [4.69, 9.17) is 5.84 Å². The fourth-order valence-electron chi connectivity index (χ4n) is 2.49. The predicted molar refractivity (Wildman–Crippen MR) is 70.3 cm³/mol. The molecule has 2 unspecified atom stereocenters. The van der Waals surface area contributed by atoms with Crippen LogP contribution in [0.15, 0.2) is 18.3 Å². The first-order valence-corrected chi connectivity index (χ1v) is 6.34. The third-order valence-electron chi connectivity index (χ3n) is 3.60. The highest BCUT2D eigenvalue weighted by atomic mass is 15.2. The van der Waals surface area contributed by atoms with E-state index in [-0.39, 0.29) is 0 Å². The van der Waals surface area contributed by atoms with Crippen molar-refractivity contribution in [1.29, 1.82) is 0 Å². The number of nitrogen functional groups attached to an aromatic ring is 1. The summed E-state index contributed by atoms with van der Waals surface area (Å²) in [6.45, 7) is 6.82. The number of piperidine rings is 1. The Balaban J connectivity index is 2.03. The molecule has 1 aliphatic rings. The molecule has 2 atom stereocenters. The van der Waals surface area contributed by atoms with Gasteiger partial charge in [-0.15, -0.1) is 0 Å². The quantitative estimate of drug-likeness (QED) is 0.620. The van der Waals surface area contributed by atoms with Crippen LogP contribution in [0.3, 0.4) is 0 Å². The minimum absolute atomic E-state index is 0.675. The van der Waals surface area contributed by atoms with E-state index in [1.54, 1.807) is 0 Å². The largest absolute Gasteiger partial charge is 0.308 e. The molecule has 3 N–H and O–H groups in total. The van der Waals surface area contributed by atoms with Crippen molar-refractivity contribution in [2.75, 3.05) is 12.0 Å². The molecule has 1 fully saturated rings. The molecule has 1 aliphatic heterocycles. The van der Waals surface area contributed by atoms with Gasteiger partial charge in [0.05, 0.1) is 0 Å². The van der Waals surface area contributed by atoms with Crippen LogP contribution in [0.1, 0.15) is 32.3 Å². The second-order valence-electron chi connectivity index (χ2n) is 5.15. The number of anilines is 1. The fraction of sp³-hybridized carbons (Fsp3) is 0.615. The molecule has 1 saturated heterocycles. The van der Waals surface area contributed by atoms with Crippen LogP contribution < -0.4 is 11.3 Å². The highest BCUT2D eigenvalue weighted by Crippen LogP contribution is 2.23. The molecule has 4 heteroatoms. The van der Waals surface area contributed by atoms with E-state index in [0.717, 1.165) is 18.3 Å². The molecule has 0 aliphatic carbocycles. The maximum absolute atomic E-state index is 5.38. The summed E-state index contributed by atoms with van der Waals surface area (Å²) in [5.74, 6) is 6.92. The van der Waals surface area contributed by atoms with Crippen LogP contribution >= 0.6 is 0 Å². The molecule has 0 bridgehead atoms. The van der Waals surface area contributed by atoms with E-state index in [0.29, 0.717) is 6.04 Å². The van der Waals surface area contributed by atoms with Gasteiger partial charge in [0.2, 0.25) is 0 Å². The van der Waals surface area contributed by atoms with Crippen molar-refractivity contribution in [3.05, 3.63) is 23.9 Å². The van der Waals surface area contributed by atoms with Crippen LogP contribution in [0.4, 0.5) is 5.82 Å². The van der Waals surface area contributed by atoms with Gasteiger partial charge in [0.25, 0.3) is 0 Å². The van der Waals surface area contributed by atoms with Gasteiger partial charge in [-0.1, -0.05) is 6.92 Å². The number of rotatable bonds is 3. The second-order valence-corrected chi connectivity index (χ2v) is 5.15. The zero-order chi connectivity index (χ0) is 12.3. The average Bonchev–Trinajstić information content (AvgIpc) is 2.34. The standard InChI is InChI=1S/C13H22N4/c1-10-3-4-11(2)17(8-10)9-12-5-6-15-13(7-12)16-14/h5-7,10-11H,3-4,8-9,14H2,1-2H3,(H,15,16). The van der Waals surface area contributed by atoms with Gasteiger partial charge in [-0.3, -0.25) is 4.90 Å². The normalized spacial score (nSPS) is 25.8. The Kier molecular flexibility index (Phi) is 3.97. The van der Waals surface area contributed by atoms with Gasteiger partial charge in [0.15, 0.2) is 0 Å². The molecule has 0 amide bonds. The number of aromatic nitrogens is 1. The van der Waals surface area contributed by atoms with Crippen molar-refractivity contribution in [1.82, 2.24) is 9.88 Å². The molecule has 0 radical (unpaired) electrons. The molecule has 4 nitrogen and oxygen atoms in total. The number of hydrogen-bond acceptors (Lipinski definition) is 4. The SMILES string of the molecule is CC1CCC(C)N(Cc2ccnc(NN)c2)C1. The lowest BCUT2D eigenvalue weighted by molar-refractivity contribution is 0.117. The lowest BCUT2D eigenvalue weighted by Gasteiger charge is -2.36. The number of nitrogens with two attached hydrogens (primary N) is 1. The minimum atomic E-state index is 0.675. The lowest BCUT2D eigenvalue weighted by atomic mass is 9.94. The lowest BCUT2D eigenvalue weighted by Crippen LogP contribution is -2.40. The van der Waals surface area contributed by atoms with Crippen LogP contribution in [0, 0.1) is 5.92 Å². The summed E-state index contributed by atoms with van der Waals surface area (Å²) in [6, 6.07) is 4.76. The van der Waals surface area contributed by atoms with Gasteiger partial charge in [-0.05, 0) is 43.4 Å². The highest BCUT2D eigenvalue weighted by molar-refractivity contribution is 5.35. The molecular weight excluding hydrogens is 212 g/mol. The van der Waals surface area contributed by atoms with Crippen molar-refractivity contribution in [3.8, 4) is 0 Å². The number of nitrogens with zero attached hydrogens (tertiary/aromatic N) is 2. The van der Waals surface area contributed by atoms with E-state index in [9.17, 15) is 0 Å². The van der Waals surface area contributed by atoms with Crippen LogP contribution in [0.5, 0.6) is 0 Å². The Morgan fingerprint density at radius 2 is 2.29 bits per heavy atom. The Morgan fingerprint density at radius 3 is 3.06 bits per heavy atom. The molecule has 0 saturated carbocycles. The number of hydrogen-bond donors (Lipinski definition) is 2. The van der Waals surface area contributed by atoms with Crippen molar-refractivity contribution >= 4 is 5.82 Å². The van der Waals surface area contributed by atoms with E-state index < -0.39 is 0 Å². The van der Waals surface area contributed by atoms with Crippen LogP contribution in [0.25, 0.3) is 0 Å². The van der Waals surface area contributed by atoms with Crippen molar-refractivity contribution in [2.45, 2.75) is 39.3 Å². The molecule has 1 aromatic heterocycles. The maximum Gasteiger partial charge on any atom is 0.140 e. The Labute approximate surface area is 103 Å². The topological polar surface area (TPSA) is 54.2 Å². The van der Waals surface area contributed by atoms with Gasteiger partial charge in [-0.25, -0.2) is 10.8 Å². The van der Waals surface area contributed by atoms with Crippen LogP contribution in [-0.4, -0.2) is 22.5 Å². The Bertz CT molecular complexity index is 366. The summed E-state index contributed by atoms with van der Waals surface area (Å²) in [6.07, 6.45) is 4.46. The third kappa shape index (κ3) is 3.17. The van der Waals surface area contributed by atoms with Gasteiger partial charge >= 0.3 is 0 Å². The van der Waals surface area contributed by atoms with E-state index in [1.807, 2.05) is 12.3 Å². The predicted octanol–water partition coefficient (Wildman–Crippen LogP) is 1.99. The number of nitrogens with one attached hydrogen (secondary N) is 1. The summed E-state index contributed by atoms with van der Waals surface area (Å²) in [5.41, 5.74) is 3.87. The number of pyridine rings is 1. The van der Waals surface area contributed by atoms with Gasteiger partial charge < -0.3 is 5.43 Å². The molecule has 0 spiro atoms. The molecule has 17 heavy (non-hydrogen) atoms. The first-order valence-electron chi connectivity index (χ1n) is 6.34. The third-order valence-corrected chi connectivity index (χ3v) is 3.60. The maximum atomic E-state index is 5.38. The molecule has 1 aromatic rings. The zero-order valence-electron chi connectivity index (χ0n) is 10.7. The molecular formula is C13H22N4. The van der Waals surface area contributed by atoms with E-state index in [2.05, 4.69) is 35.2 Å². The smallest absolute Gasteiger partial charge is 0.140 e. The first kappa shape index (κ1) is 12.3. The molecule has 2 rings (SSSR count). The number of hydrazine groups is 1. The summed E-state index contributed by atoms with van der Waals surface area (Å²) >= 11 is 0. The van der Waals surface area contributed by atoms with E-state index >= 15 is 0 Å². The summed E-state index contributed by atoms with van der Waals surface area (Å²) in [5, 5.41) is 0. The van der Waals surface area contributed by atoms with E-state index in [1.165, 1.54) is 24.9 Å². The van der Waals surface area contributed by atoms with Crippen LogP contribution in [-0.2, 0) is 6.54 Å². The summed E-state index contributed by atoms with van der Waals surface area (Å²) in [4.78, 5) is 6.68. The van der Waals surface area contributed by atoms with Gasteiger partial charge in [0.1, 0.15) is 5.82 Å². The van der Waals surface area contributed by atoms with Crippen molar-refractivity contribution in [3.63, 3.8) is 0 Å². The molecule has 94 valence electrons. The summed E-state index contributed by atoms with van der Waals surface area (Å²) in [7, 11) is 0. The van der Waals surface area contributed by atoms with Crippen molar-refractivity contribution < 1.29 is 0 Å². The Morgan fingerprint density at radius 1 is 1.47 bits per heavy atom. The van der Waals surface area contributed by atoms with Gasteiger partial charge in [0, 0.05) is 25.3 Å². The monoisotopic (exact) mass is 234 g/mol. The average molecular weight is 234 g/mol. The fourth-order valence-corrected chi connectivity index (χ4v) is 2.49. The molecule has 2 heterocycles. The molecule has 0 aromatic carbocycles. The highest BCUT2D eigenvalue weighted by Gasteiger charge is 2.22. The first-order chi connectivity index (χ1) is 8.19. The van der Waals surface area contributed by atoms with Gasteiger partial charge in [-0.2, -0.15) is 0 Å². The zero-order valence-corrected chi connectivity index (χ0v) is 10.7. The summed E-state index contributed by atoms with van der Waals surface area (Å²) < 4.78 is 0. The van der Waals surface area contributed by atoms with Crippen LogP contribution in [0.2, 0.25) is 0 Å². The number of likely N-dealkylation sites (tertiary alicyclic amines) is 1. The second kappa shape index (κ2) is 5.47.